The number of nitrogens with one attached hydrogen (secondary N) is 1. The van der Waals surface area contributed by atoms with Crippen LogP contribution in [0.3, 0.4) is 0 Å². The average molecular weight is 321 g/mol. The first-order valence-corrected chi connectivity index (χ1v) is 7.37. The Labute approximate surface area is 121 Å². The number of fused-ring (bicyclic) bond motifs is 1. The Bertz CT molecular complexity index is 587. The second-order valence-electron chi connectivity index (χ2n) is 5.06. The van der Waals surface area contributed by atoms with Crippen LogP contribution in [0.1, 0.15) is 40.9 Å². The lowest BCUT2D eigenvalue weighted by atomic mass is 10.1. The van der Waals surface area contributed by atoms with E-state index in [1.807, 2.05) is 13.8 Å². The Hall–Kier alpha value is -1.13. The largest absolute Gasteiger partial charge is 0.444 e. The van der Waals surface area contributed by atoms with Crippen molar-refractivity contribution in [3.8, 4) is 0 Å². The number of oxazole rings is 1. The number of aromatic nitrogens is 1. The van der Waals surface area contributed by atoms with E-state index in [2.05, 4.69) is 44.4 Å². The number of rotatable bonds is 3. The van der Waals surface area contributed by atoms with Gasteiger partial charge in [0, 0.05) is 10.5 Å². The van der Waals surface area contributed by atoms with E-state index in [0.29, 0.717) is 12.6 Å². The van der Waals surface area contributed by atoms with Crippen LogP contribution < -0.4 is 5.32 Å². The summed E-state index contributed by atoms with van der Waals surface area (Å²) in [5.41, 5.74) is 3.82. The van der Waals surface area contributed by atoms with Crippen LogP contribution in [0.25, 0.3) is 0 Å². The molecule has 1 N–H and O–H groups in total. The summed E-state index contributed by atoms with van der Waals surface area (Å²) in [7, 11) is 0. The molecule has 0 spiro atoms. The van der Waals surface area contributed by atoms with E-state index in [1.165, 1.54) is 11.1 Å². The smallest absolute Gasteiger partial charge is 0.208 e. The van der Waals surface area contributed by atoms with Gasteiger partial charge in [-0.25, -0.2) is 4.98 Å². The van der Waals surface area contributed by atoms with E-state index < -0.39 is 0 Å². The zero-order valence-corrected chi connectivity index (χ0v) is 12.8. The van der Waals surface area contributed by atoms with Crippen molar-refractivity contribution in [1.29, 1.82) is 0 Å². The fraction of sp³-hybridized carbons (Fsp3) is 0.400. The molecule has 100 valence electrons. The van der Waals surface area contributed by atoms with Crippen LogP contribution in [-0.2, 0) is 13.0 Å². The van der Waals surface area contributed by atoms with Crippen LogP contribution in [0.2, 0.25) is 0 Å². The number of hydrogen-bond donors (Lipinski definition) is 1. The molecule has 0 fully saturated rings. The highest BCUT2D eigenvalue weighted by atomic mass is 79.9. The van der Waals surface area contributed by atoms with Crippen LogP contribution in [0.15, 0.2) is 27.1 Å². The van der Waals surface area contributed by atoms with Gasteiger partial charge in [-0.3, -0.25) is 0 Å². The van der Waals surface area contributed by atoms with Crippen molar-refractivity contribution < 1.29 is 4.42 Å². The first kappa shape index (κ1) is 12.9. The second kappa shape index (κ2) is 5.10. The summed E-state index contributed by atoms with van der Waals surface area (Å²) in [6.45, 7) is 4.62. The van der Waals surface area contributed by atoms with Gasteiger partial charge in [-0.05, 0) is 49.9 Å². The molecule has 0 aliphatic heterocycles. The summed E-state index contributed by atoms with van der Waals surface area (Å²) in [6.07, 6.45) is 2.28. The summed E-state index contributed by atoms with van der Waals surface area (Å²) in [4.78, 5) is 4.40. The standard InChI is InChI=1S/C15H17BrN2O/c1-9-10(2)19-15(18-9)8-17-14-6-3-11-7-12(16)4-5-13(11)14/h4-5,7,14,17H,3,6,8H2,1-2H3. The summed E-state index contributed by atoms with van der Waals surface area (Å²) in [6, 6.07) is 6.95. The van der Waals surface area contributed by atoms with E-state index in [0.717, 1.165) is 34.7 Å². The third-order valence-corrected chi connectivity index (χ3v) is 4.25. The maximum Gasteiger partial charge on any atom is 0.208 e. The predicted molar refractivity (Wildman–Crippen MR) is 78.0 cm³/mol. The van der Waals surface area contributed by atoms with E-state index >= 15 is 0 Å². The van der Waals surface area contributed by atoms with Gasteiger partial charge in [0.15, 0.2) is 0 Å². The summed E-state index contributed by atoms with van der Waals surface area (Å²) >= 11 is 3.53. The molecule has 1 unspecified atom stereocenters. The maximum atomic E-state index is 5.60. The predicted octanol–water partition coefficient (Wildman–Crippen LogP) is 3.83. The molecule has 0 saturated carbocycles. The Balaban J connectivity index is 1.70. The molecule has 19 heavy (non-hydrogen) atoms. The minimum Gasteiger partial charge on any atom is -0.444 e. The van der Waals surface area contributed by atoms with Crippen molar-refractivity contribution in [1.82, 2.24) is 10.3 Å². The Morgan fingerprint density at radius 3 is 3.00 bits per heavy atom. The summed E-state index contributed by atoms with van der Waals surface area (Å²) in [5, 5.41) is 3.54. The maximum absolute atomic E-state index is 5.60. The molecule has 1 aromatic heterocycles. The highest BCUT2D eigenvalue weighted by molar-refractivity contribution is 9.10. The second-order valence-corrected chi connectivity index (χ2v) is 5.98. The molecular weight excluding hydrogens is 304 g/mol. The molecule has 0 radical (unpaired) electrons. The molecule has 0 saturated heterocycles. The molecule has 0 bridgehead atoms. The van der Waals surface area contributed by atoms with Crippen LogP contribution >= 0.6 is 15.9 Å². The molecular formula is C15H17BrN2O. The van der Waals surface area contributed by atoms with Crippen molar-refractivity contribution in [2.45, 2.75) is 39.3 Å². The van der Waals surface area contributed by atoms with Gasteiger partial charge in [-0.2, -0.15) is 0 Å². The molecule has 3 nitrogen and oxygen atoms in total. The van der Waals surface area contributed by atoms with E-state index in [9.17, 15) is 0 Å². The molecule has 0 amide bonds. The van der Waals surface area contributed by atoms with Gasteiger partial charge in [0.05, 0.1) is 12.2 Å². The zero-order valence-electron chi connectivity index (χ0n) is 11.2. The van der Waals surface area contributed by atoms with Gasteiger partial charge in [0.2, 0.25) is 5.89 Å². The number of benzene rings is 1. The highest BCUT2D eigenvalue weighted by Gasteiger charge is 2.22. The zero-order chi connectivity index (χ0) is 13.4. The van der Waals surface area contributed by atoms with Crippen LogP contribution in [0.5, 0.6) is 0 Å². The minimum atomic E-state index is 0.413. The van der Waals surface area contributed by atoms with Crippen molar-refractivity contribution in [2.24, 2.45) is 0 Å². The molecule has 1 atom stereocenters. The lowest BCUT2D eigenvalue weighted by molar-refractivity contribution is 0.423. The van der Waals surface area contributed by atoms with Crippen LogP contribution in [0.4, 0.5) is 0 Å². The van der Waals surface area contributed by atoms with Crippen molar-refractivity contribution in [3.05, 3.63) is 51.1 Å². The topological polar surface area (TPSA) is 38.1 Å². The molecule has 2 aromatic rings. The summed E-state index contributed by atoms with van der Waals surface area (Å²) in [5.74, 6) is 1.69. The van der Waals surface area contributed by atoms with Crippen LogP contribution in [-0.4, -0.2) is 4.98 Å². The van der Waals surface area contributed by atoms with Gasteiger partial charge in [0.1, 0.15) is 5.76 Å². The van der Waals surface area contributed by atoms with Gasteiger partial charge in [-0.15, -0.1) is 0 Å². The Kier molecular flexibility index (Phi) is 3.46. The van der Waals surface area contributed by atoms with Gasteiger partial charge in [0.25, 0.3) is 0 Å². The minimum absolute atomic E-state index is 0.413. The van der Waals surface area contributed by atoms with E-state index in [1.54, 1.807) is 0 Å². The molecule has 1 heterocycles. The van der Waals surface area contributed by atoms with Gasteiger partial charge in [-0.1, -0.05) is 22.0 Å². The van der Waals surface area contributed by atoms with Crippen LogP contribution in [0, 0.1) is 13.8 Å². The first-order chi connectivity index (χ1) is 9.13. The van der Waals surface area contributed by atoms with E-state index in [-0.39, 0.29) is 0 Å². The number of halogens is 1. The normalized spacial score (nSPS) is 17.7. The third kappa shape index (κ3) is 2.60. The fourth-order valence-electron chi connectivity index (χ4n) is 2.62. The third-order valence-electron chi connectivity index (χ3n) is 3.76. The lowest BCUT2D eigenvalue weighted by Crippen LogP contribution is -2.18. The molecule has 1 aliphatic carbocycles. The number of hydrogen-bond acceptors (Lipinski definition) is 3. The van der Waals surface area contributed by atoms with Crippen molar-refractivity contribution in [2.75, 3.05) is 0 Å². The van der Waals surface area contributed by atoms with Crippen molar-refractivity contribution >= 4 is 15.9 Å². The average Bonchev–Trinajstić information content (AvgIpc) is 2.91. The van der Waals surface area contributed by atoms with Gasteiger partial charge >= 0.3 is 0 Å². The monoisotopic (exact) mass is 320 g/mol. The summed E-state index contributed by atoms with van der Waals surface area (Å²) < 4.78 is 6.76. The van der Waals surface area contributed by atoms with Gasteiger partial charge < -0.3 is 9.73 Å². The first-order valence-electron chi connectivity index (χ1n) is 6.58. The molecule has 3 rings (SSSR count). The molecule has 1 aliphatic rings. The highest BCUT2D eigenvalue weighted by Crippen LogP contribution is 2.33. The van der Waals surface area contributed by atoms with E-state index in [4.69, 9.17) is 4.42 Å². The fourth-order valence-corrected chi connectivity index (χ4v) is 3.03. The Morgan fingerprint density at radius 1 is 1.42 bits per heavy atom. The number of nitrogens with zero attached hydrogens (tertiary/aromatic N) is 1. The SMILES string of the molecule is Cc1nc(CNC2CCc3cc(Br)ccc32)oc1C. The number of aryl methyl sites for hydroxylation is 3. The molecule has 4 heteroatoms. The lowest BCUT2D eigenvalue weighted by Gasteiger charge is -2.12. The van der Waals surface area contributed by atoms with Crippen molar-refractivity contribution in [3.63, 3.8) is 0 Å². The quantitative estimate of drug-likeness (QED) is 0.934. The molecule has 1 aromatic carbocycles. The Morgan fingerprint density at radius 2 is 2.26 bits per heavy atom.